The van der Waals surface area contributed by atoms with E-state index in [0.717, 1.165) is 12.0 Å². The van der Waals surface area contributed by atoms with E-state index in [4.69, 9.17) is 9.47 Å². The summed E-state index contributed by atoms with van der Waals surface area (Å²) in [5.41, 5.74) is 2.37. The molecule has 2 unspecified atom stereocenters. The molecule has 30 heavy (non-hydrogen) atoms. The van der Waals surface area contributed by atoms with Crippen LogP contribution in [0.1, 0.15) is 60.8 Å². The van der Waals surface area contributed by atoms with Crippen molar-refractivity contribution in [2.75, 3.05) is 6.61 Å². The lowest BCUT2D eigenvalue weighted by molar-refractivity contribution is -0.151. The topological polar surface area (TPSA) is 89.9 Å². The van der Waals surface area contributed by atoms with Gasteiger partial charge in [0.25, 0.3) is 0 Å². The van der Waals surface area contributed by atoms with Gasteiger partial charge in [0.05, 0.1) is 0 Å². The van der Waals surface area contributed by atoms with E-state index < -0.39 is 18.2 Å². The van der Waals surface area contributed by atoms with E-state index in [9.17, 15) is 19.5 Å². The van der Waals surface area contributed by atoms with Crippen molar-refractivity contribution in [2.45, 2.75) is 73.0 Å². The van der Waals surface area contributed by atoms with E-state index in [1.54, 1.807) is 0 Å². The van der Waals surface area contributed by atoms with Crippen molar-refractivity contribution in [3.63, 3.8) is 0 Å². The third-order valence-electron chi connectivity index (χ3n) is 6.66. The van der Waals surface area contributed by atoms with Crippen molar-refractivity contribution in [2.24, 2.45) is 29.6 Å². The minimum absolute atomic E-state index is 0.0181. The molecule has 2 aliphatic carbocycles. The Kier molecular flexibility index (Phi) is 8.42. The molecular weight excluding hydrogens is 384 g/mol. The first-order valence-corrected chi connectivity index (χ1v) is 10.8. The maximum absolute atomic E-state index is 13.0. The molecule has 0 aromatic carbocycles. The number of aliphatic hydroxyl groups excluding tert-OH is 1. The molecule has 0 spiro atoms. The Morgan fingerprint density at radius 2 is 1.63 bits per heavy atom. The Morgan fingerprint density at radius 1 is 1.03 bits per heavy atom. The number of esters is 2. The number of hydrogen-bond acceptors (Lipinski definition) is 6. The SMILES string of the molecule is CC(=O)OC1C[C@@H](/C(C)=C\CC=C(C)C)[C@@H]([C@H]2C(=O)C[C@H](OC(C)=O)[C@H]2C)C1CO. The van der Waals surface area contributed by atoms with Crippen LogP contribution in [0.15, 0.2) is 23.3 Å². The number of aliphatic hydroxyl groups is 1. The molecule has 7 atom stereocenters. The molecule has 2 rings (SSSR count). The Morgan fingerprint density at radius 3 is 2.17 bits per heavy atom. The Labute approximate surface area is 179 Å². The van der Waals surface area contributed by atoms with Gasteiger partial charge in [-0.1, -0.05) is 30.2 Å². The van der Waals surface area contributed by atoms with Crippen molar-refractivity contribution >= 4 is 17.7 Å². The van der Waals surface area contributed by atoms with Gasteiger partial charge >= 0.3 is 11.9 Å². The summed E-state index contributed by atoms with van der Waals surface area (Å²) in [5.74, 6) is -1.67. The zero-order valence-electron chi connectivity index (χ0n) is 19.0. The number of carbonyl (C=O) groups excluding carboxylic acids is 3. The van der Waals surface area contributed by atoms with Crippen LogP contribution in [0.2, 0.25) is 0 Å². The summed E-state index contributed by atoms with van der Waals surface area (Å²) in [5, 5.41) is 10.2. The van der Waals surface area contributed by atoms with E-state index in [2.05, 4.69) is 19.1 Å². The quantitative estimate of drug-likeness (QED) is 0.500. The monoisotopic (exact) mass is 420 g/mol. The van der Waals surface area contributed by atoms with Crippen LogP contribution in [0.4, 0.5) is 0 Å². The summed E-state index contributed by atoms with van der Waals surface area (Å²) in [4.78, 5) is 36.2. The first-order valence-electron chi connectivity index (χ1n) is 10.8. The predicted octanol–water partition coefficient (Wildman–Crippen LogP) is 3.62. The minimum atomic E-state index is -0.442. The zero-order chi connectivity index (χ0) is 22.6. The molecule has 0 saturated heterocycles. The van der Waals surface area contributed by atoms with Crippen LogP contribution in [0.3, 0.4) is 0 Å². The van der Waals surface area contributed by atoms with E-state index in [1.165, 1.54) is 19.4 Å². The maximum atomic E-state index is 13.0. The van der Waals surface area contributed by atoms with Crippen LogP contribution in [0.5, 0.6) is 0 Å². The highest BCUT2D eigenvalue weighted by atomic mass is 16.5. The van der Waals surface area contributed by atoms with Gasteiger partial charge < -0.3 is 14.6 Å². The van der Waals surface area contributed by atoms with Crippen molar-refractivity contribution in [3.8, 4) is 0 Å². The van der Waals surface area contributed by atoms with Gasteiger partial charge in [0.2, 0.25) is 0 Å². The molecule has 1 N–H and O–H groups in total. The molecule has 0 bridgehead atoms. The molecule has 0 aromatic heterocycles. The summed E-state index contributed by atoms with van der Waals surface area (Å²) in [6.07, 6.45) is 5.00. The summed E-state index contributed by atoms with van der Waals surface area (Å²) < 4.78 is 11.0. The van der Waals surface area contributed by atoms with Crippen molar-refractivity contribution in [1.29, 1.82) is 0 Å². The lowest BCUT2D eigenvalue weighted by Crippen LogP contribution is -2.37. The fourth-order valence-electron chi connectivity index (χ4n) is 5.33. The molecule has 0 amide bonds. The number of hydrogen-bond donors (Lipinski definition) is 1. The zero-order valence-corrected chi connectivity index (χ0v) is 19.0. The molecule has 0 aliphatic heterocycles. The standard InChI is InChI=1S/C24H36O6/c1-13(2)8-7-9-14(3)18-10-22(30-17(6)27)19(12-25)24(18)23-15(4)21(11-20(23)28)29-16(5)26/h8-9,15,18-19,21-25H,7,10-12H2,1-6H3/b14-9-/t15-,18+,19?,21+,22?,23-,24-/m1/s1. The molecule has 168 valence electrons. The van der Waals surface area contributed by atoms with Crippen LogP contribution >= 0.6 is 0 Å². The highest BCUT2D eigenvalue weighted by Gasteiger charge is 2.55. The summed E-state index contributed by atoms with van der Waals surface area (Å²) in [7, 11) is 0. The molecule has 2 fully saturated rings. The number of rotatable bonds is 7. The lowest BCUT2D eigenvalue weighted by Gasteiger charge is -2.33. The maximum Gasteiger partial charge on any atom is 0.302 e. The third kappa shape index (κ3) is 5.60. The summed E-state index contributed by atoms with van der Waals surface area (Å²) in [6, 6.07) is 0. The molecule has 0 heterocycles. The van der Waals surface area contributed by atoms with Crippen LogP contribution in [-0.2, 0) is 23.9 Å². The molecular formula is C24H36O6. The largest absolute Gasteiger partial charge is 0.462 e. The number of ether oxygens (including phenoxy) is 2. The summed E-state index contributed by atoms with van der Waals surface area (Å²) in [6.45, 7) is 10.7. The Bertz CT molecular complexity index is 717. The van der Waals surface area contributed by atoms with Crippen molar-refractivity contribution in [1.82, 2.24) is 0 Å². The molecule has 2 aliphatic rings. The van der Waals surface area contributed by atoms with Gasteiger partial charge in [-0.15, -0.1) is 0 Å². The second kappa shape index (κ2) is 10.4. The highest BCUT2D eigenvalue weighted by molar-refractivity contribution is 5.85. The highest BCUT2D eigenvalue weighted by Crippen LogP contribution is 2.51. The van der Waals surface area contributed by atoms with E-state index in [0.29, 0.717) is 6.42 Å². The third-order valence-corrected chi connectivity index (χ3v) is 6.66. The smallest absolute Gasteiger partial charge is 0.302 e. The van der Waals surface area contributed by atoms with E-state index in [1.807, 2.05) is 20.8 Å². The van der Waals surface area contributed by atoms with Crippen LogP contribution in [0, 0.1) is 29.6 Å². The normalized spacial score (nSPS) is 34.0. The first kappa shape index (κ1) is 24.3. The van der Waals surface area contributed by atoms with Gasteiger partial charge in [-0.25, -0.2) is 0 Å². The van der Waals surface area contributed by atoms with Gasteiger partial charge in [-0.05, 0) is 45.4 Å². The van der Waals surface area contributed by atoms with Crippen LogP contribution < -0.4 is 0 Å². The average Bonchev–Trinajstić information content (AvgIpc) is 3.10. The second-order valence-electron chi connectivity index (χ2n) is 9.08. The van der Waals surface area contributed by atoms with Crippen LogP contribution in [-0.4, -0.2) is 41.6 Å². The van der Waals surface area contributed by atoms with Gasteiger partial charge in [0.1, 0.15) is 18.0 Å². The summed E-state index contributed by atoms with van der Waals surface area (Å²) >= 11 is 0. The fraction of sp³-hybridized carbons (Fsp3) is 0.708. The molecule has 6 nitrogen and oxygen atoms in total. The average molecular weight is 421 g/mol. The van der Waals surface area contributed by atoms with Crippen molar-refractivity contribution in [3.05, 3.63) is 23.3 Å². The number of carbonyl (C=O) groups is 3. The van der Waals surface area contributed by atoms with E-state index in [-0.39, 0.29) is 54.4 Å². The number of allylic oxidation sites excluding steroid dienone is 4. The molecule has 0 radical (unpaired) electrons. The van der Waals surface area contributed by atoms with Gasteiger partial charge in [0.15, 0.2) is 0 Å². The molecule has 2 saturated carbocycles. The van der Waals surface area contributed by atoms with Gasteiger partial charge in [0, 0.05) is 44.6 Å². The van der Waals surface area contributed by atoms with Gasteiger partial charge in [-0.3, -0.25) is 14.4 Å². The first-order chi connectivity index (χ1) is 14.1. The second-order valence-corrected chi connectivity index (χ2v) is 9.08. The molecule has 6 heteroatoms. The van der Waals surface area contributed by atoms with Crippen LogP contribution in [0.25, 0.3) is 0 Å². The van der Waals surface area contributed by atoms with Crippen molar-refractivity contribution < 1.29 is 29.0 Å². The predicted molar refractivity (Wildman–Crippen MR) is 113 cm³/mol. The Balaban J connectivity index is 2.38. The molecule has 0 aromatic rings. The fourth-order valence-corrected chi connectivity index (χ4v) is 5.33. The lowest BCUT2D eigenvalue weighted by atomic mass is 9.72. The number of Topliss-reactive ketones (excluding diaryl/α,β-unsaturated/α-hetero) is 1. The minimum Gasteiger partial charge on any atom is -0.462 e. The van der Waals surface area contributed by atoms with Gasteiger partial charge in [-0.2, -0.15) is 0 Å². The van der Waals surface area contributed by atoms with E-state index >= 15 is 0 Å². The number of ketones is 1. The Hall–Kier alpha value is -1.95.